The van der Waals surface area contributed by atoms with Gasteiger partial charge < -0.3 is 5.32 Å². The minimum atomic E-state index is -3.69. The molecule has 0 saturated heterocycles. The van der Waals surface area contributed by atoms with Crippen molar-refractivity contribution in [3.63, 3.8) is 0 Å². The van der Waals surface area contributed by atoms with Crippen molar-refractivity contribution in [3.05, 3.63) is 59.7 Å². The van der Waals surface area contributed by atoms with E-state index in [-0.39, 0.29) is 16.8 Å². The molecule has 6 heteroatoms. The summed E-state index contributed by atoms with van der Waals surface area (Å²) >= 11 is 0. The molecule has 0 aromatic heterocycles. The third-order valence-electron chi connectivity index (χ3n) is 3.90. The van der Waals surface area contributed by atoms with Crippen LogP contribution < -0.4 is 10.0 Å². The minimum absolute atomic E-state index is 0.0725. The maximum Gasteiger partial charge on any atom is 0.261 e. The fourth-order valence-corrected chi connectivity index (χ4v) is 3.63. The molecule has 0 fully saturated rings. The van der Waals surface area contributed by atoms with Crippen LogP contribution in [-0.2, 0) is 10.0 Å². The number of hydrogen-bond acceptors (Lipinski definition) is 3. The van der Waals surface area contributed by atoms with E-state index in [1.807, 2.05) is 6.92 Å². The van der Waals surface area contributed by atoms with Crippen LogP contribution in [0.2, 0.25) is 0 Å². The second-order valence-electron chi connectivity index (χ2n) is 6.11. The van der Waals surface area contributed by atoms with Gasteiger partial charge in [0.15, 0.2) is 0 Å². The summed E-state index contributed by atoms with van der Waals surface area (Å²) in [5.41, 5.74) is 1.58. The number of anilines is 1. The minimum Gasteiger partial charge on any atom is -0.350 e. The van der Waals surface area contributed by atoms with Crippen molar-refractivity contribution >= 4 is 21.6 Å². The summed E-state index contributed by atoms with van der Waals surface area (Å²) in [6, 6.07) is 13.2. The van der Waals surface area contributed by atoms with Gasteiger partial charge in [0.05, 0.1) is 10.6 Å². The molecule has 2 N–H and O–H groups in total. The zero-order chi connectivity index (χ0) is 18.4. The van der Waals surface area contributed by atoms with Crippen LogP contribution in [0.3, 0.4) is 0 Å². The molecule has 2 aromatic carbocycles. The monoisotopic (exact) mass is 360 g/mol. The Morgan fingerprint density at radius 2 is 1.80 bits per heavy atom. The first-order valence-electron chi connectivity index (χ1n) is 8.33. The molecule has 0 radical (unpaired) electrons. The Bertz CT molecular complexity index is 833. The van der Waals surface area contributed by atoms with Crippen LogP contribution in [0, 0.1) is 6.92 Å². The van der Waals surface area contributed by atoms with Crippen LogP contribution in [0.15, 0.2) is 53.4 Å². The second kappa shape index (κ2) is 8.16. The van der Waals surface area contributed by atoms with Crippen LogP contribution in [0.4, 0.5) is 5.69 Å². The van der Waals surface area contributed by atoms with Gasteiger partial charge in [-0.15, -0.1) is 0 Å². The van der Waals surface area contributed by atoms with Crippen LogP contribution in [0.25, 0.3) is 0 Å². The van der Waals surface area contributed by atoms with Gasteiger partial charge >= 0.3 is 0 Å². The Kier molecular flexibility index (Phi) is 6.20. The Morgan fingerprint density at radius 1 is 1.12 bits per heavy atom. The Balaban J connectivity index is 2.23. The van der Waals surface area contributed by atoms with E-state index < -0.39 is 10.0 Å². The van der Waals surface area contributed by atoms with E-state index in [9.17, 15) is 13.2 Å². The van der Waals surface area contributed by atoms with Gasteiger partial charge in [-0.05, 0) is 50.1 Å². The average molecular weight is 360 g/mol. The molecule has 5 nitrogen and oxygen atoms in total. The molecular formula is C19H24N2O3S. The molecule has 2 rings (SSSR count). The van der Waals surface area contributed by atoms with Crippen molar-refractivity contribution in [3.8, 4) is 0 Å². The van der Waals surface area contributed by atoms with E-state index in [0.717, 1.165) is 18.4 Å². The lowest BCUT2D eigenvalue weighted by atomic mass is 10.1. The molecule has 1 amide bonds. The van der Waals surface area contributed by atoms with E-state index in [0.29, 0.717) is 11.3 Å². The topological polar surface area (TPSA) is 75.3 Å². The highest BCUT2D eigenvalue weighted by atomic mass is 32.2. The Hall–Kier alpha value is -2.34. The quantitative estimate of drug-likeness (QED) is 0.790. The summed E-state index contributed by atoms with van der Waals surface area (Å²) in [6.07, 6.45) is 1.88. The first-order valence-corrected chi connectivity index (χ1v) is 9.81. The van der Waals surface area contributed by atoms with Crippen molar-refractivity contribution in [2.45, 2.75) is 44.6 Å². The van der Waals surface area contributed by atoms with E-state index >= 15 is 0 Å². The molecule has 0 unspecified atom stereocenters. The highest BCUT2D eigenvalue weighted by Crippen LogP contribution is 2.21. The number of sulfonamides is 1. The standard InChI is InChI=1S/C19H24N2O3S/c1-4-8-15(3)20-19(22)16-12-11-14(2)18(13-16)21-25(23,24)17-9-6-5-7-10-17/h5-7,9-13,15,21H,4,8H2,1-3H3,(H,20,22)/t15-/m1/s1. The van der Waals surface area contributed by atoms with Gasteiger partial charge in [-0.2, -0.15) is 0 Å². The van der Waals surface area contributed by atoms with Crippen molar-refractivity contribution in [2.24, 2.45) is 0 Å². The molecule has 0 saturated carbocycles. The number of rotatable bonds is 7. The van der Waals surface area contributed by atoms with Gasteiger partial charge in [0, 0.05) is 11.6 Å². The molecule has 1 atom stereocenters. The number of carbonyl (C=O) groups excluding carboxylic acids is 1. The normalized spacial score (nSPS) is 12.4. The lowest BCUT2D eigenvalue weighted by Gasteiger charge is -2.15. The number of nitrogens with one attached hydrogen (secondary N) is 2. The molecule has 2 aromatic rings. The lowest BCUT2D eigenvalue weighted by Crippen LogP contribution is -2.32. The highest BCUT2D eigenvalue weighted by Gasteiger charge is 2.16. The summed E-state index contributed by atoms with van der Waals surface area (Å²) in [4.78, 5) is 12.5. The van der Waals surface area contributed by atoms with Crippen LogP contribution in [-0.4, -0.2) is 20.4 Å². The molecule has 25 heavy (non-hydrogen) atoms. The van der Waals surface area contributed by atoms with Gasteiger partial charge in [0.25, 0.3) is 15.9 Å². The SMILES string of the molecule is CCC[C@@H](C)NC(=O)c1ccc(C)c(NS(=O)(=O)c2ccccc2)c1. The largest absolute Gasteiger partial charge is 0.350 e. The summed E-state index contributed by atoms with van der Waals surface area (Å²) in [5, 5.41) is 2.92. The fraction of sp³-hybridized carbons (Fsp3) is 0.316. The highest BCUT2D eigenvalue weighted by molar-refractivity contribution is 7.92. The molecule has 0 bridgehead atoms. The number of amides is 1. The van der Waals surface area contributed by atoms with Gasteiger partial charge in [-0.3, -0.25) is 9.52 Å². The molecule has 134 valence electrons. The summed E-state index contributed by atoms with van der Waals surface area (Å²) in [7, 11) is -3.69. The maximum atomic E-state index is 12.5. The number of hydrogen-bond donors (Lipinski definition) is 2. The van der Waals surface area contributed by atoms with Crippen molar-refractivity contribution in [1.29, 1.82) is 0 Å². The van der Waals surface area contributed by atoms with Crippen molar-refractivity contribution < 1.29 is 13.2 Å². The van der Waals surface area contributed by atoms with Gasteiger partial charge in [-0.25, -0.2) is 8.42 Å². The van der Waals surface area contributed by atoms with Crippen LogP contribution in [0.5, 0.6) is 0 Å². The molecule has 0 aliphatic rings. The number of aryl methyl sites for hydroxylation is 1. The molecule has 0 aliphatic carbocycles. The molecular weight excluding hydrogens is 336 g/mol. The third-order valence-corrected chi connectivity index (χ3v) is 5.28. The summed E-state index contributed by atoms with van der Waals surface area (Å²) < 4.78 is 27.5. The first kappa shape index (κ1) is 19.0. The lowest BCUT2D eigenvalue weighted by molar-refractivity contribution is 0.0938. The predicted molar refractivity (Wildman–Crippen MR) is 100 cm³/mol. The van der Waals surface area contributed by atoms with Crippen molar-refractivity contribution in [2.75, 3.05) is 4.72 Å². The smallest absolute Gasteiger partial charge is 0.261 e. The Morgan fingerprint density at radius 3 is 2.44 bits per heavy atom. The van der Waals surface area contributed by atoms with Gasteiger partial charge in [0.1, 0.15) is 0 Å². The Labute approximate surface area is 149 Å². The zero-order valence-electron chi connectivity index (χ0n) is 14.7. The van der Waals surface area contributed by atoms with Crippen LogP contribution >= 0.6 is 0 Å². The number of carbonyl (C=O) groups is 1. The van der Waals surface area contributed by atoms with Gasteiger partial charge in [-0.1, -0.05) is 37.6 Å². The predicted octanol–water partition coefficient (Wildman–Crippen LogP) is 3.71. The summed E-state index contributed by atoms with van der Waals surface area (Å²) in [6.45, 7) is 5.81. The fourth-order valence-electron chi connectivity index (χ4n) is 2.49. The zero-order valence-corrected chi connectivity index (χ0v) is 15.6. The average Bonchev–Trinajstić information content (AvgIpc) is 2.57. The van der Waals surface area contributed by atoms with E-state index in [1.165, 1.54) is 12.1 Å². The maximum absolute atomic E-state index is 12.5. The molecule has 0 heterocycles. The van der Waals surface area contributed by atoms with E-state index in [1.54, 1.807) is 43.3 Å². The third kappa shape index (κ3) is 5.06. The number of benzene rings is 2. The van der Waals surface area contributed by atoms with Crippen molar-refractivity contribution in [1.82, 2.24) is 5.32 Å². The van der Waals surface area contributed by atoms with E-state index in [4.69, 9.17) is 0 Å². The van der Waals surface area contributed by atoms with Crippen LogP contribution in [0.1, 0.15) is 42.6 Å². The first-order chi connectivity index (χ1) is 11.8. The summed E-state index contributed by atoms with van der Waals surface area (Å²) in [5.74, 6) is -0.207. The molecule has 0 spiro atoms. The van der Waals surface area contributed by atoms with Gasteiger partial charge in [0.2, 0.25) is 0 Å². The molecule has 0 aliphatic heterocycles. The van der Waals surface area contributed by atoms with E-state index in [2.05, 4.69) is 17.0 Å². The second-order valence-corrected chi connectivity index (χ2v) is 7.79.